The third-order valence-corrected chi connectivity index (χ3v) is 2.50. The molecular weight excluding hydrogens is 209 g/mol. The molecule has 0 amide bonds. The fourth-order valence-electron chi connectivity index (χ4n) is 1.63. The van der Waals surface area contributed by atoms with Crippen LogP contribution in [0.4, 0.5) is 0 Å². The highest BCUT2D eigenvalue weighted by atomic mass is 16.5. The summed E-state index contributed by atoms with van der Waals surface area (Å²) in [5.74, 6) is 0.567. The van der Waals surface area contributed by atoms with Crippen molar-refractivity contribution in [1.82, 2.24) is 4.98 Å². The predicted molar refractivity (Wildman–Crippen MR) is 58.5 cm³/mol. The lowest BCUT2D eigenvalue weighted by molar-refractivity contribution is 0.0254. The van der Waals surface area contributed by atoms with Crippen LogP contribution in [0.1, 0.15) is 12.8 Å². The average molecular weight is 223 g/mol. The van der Waals surface area contributed by atoms with Gasteiger partial charge in [-0.05, 0) is 6.07 Å². The number of nitrogens with zero attached hydrogens (tertiary/aromatic N) is 1. The van der Waals surface area contributed by atoms with E-state index in [0.29, 0.717) is 24.4 Å². The predicted octanol–water partition coefficient (Wildman–Crippen LogP) is -0.681. The molecule has 0 saturated carbocycles. The minimum atomic E-state index is -1.51. The molecule has 1 aromatic heterocycles. The summed E-state index contributed by atoms with van der Waals surface area (Å²) in [4.78, 5) is 3.90. The van der Waals surface area contributed by atoms with Crippen LogP contribution >= 0.6 is 0 Å². The van der Waals surface area contributed by atoms with Gasteiger partial charge in [-0.15, -0.1) is 0 Å². The van der Waals surface area contributed by atoms with Gasteiger partial charge >= 0.3 is 7.12 Å². The fourth-order valence-corrected chi connectivity index (χ4v) is 1.63. The van der Waals surface area contributed by atoms with Crippen molar-refractivity contribution in [2.45, 2.75) is 18.9 Å². The zero-order valence-corrected chi connectivity index (χ0v) is 8.87. The third-order valence-electron chi connectivity index (χ3n) is 2.50. The zero-order valence-electron chi connectivity index (χ0n) is 8.87. The van der Waals surface area contributed by atoms with Crippen LogP contribution in [0.3, 0.4) is 0 Å². The Bertz CT molecular complexity index is 341. The lowest BCUT2D eigenvalue weighted by atomic mass is 9.82. The summed E-state index contributed by atoms with van der Waals surface area (Å²) in [6, 6.07) is 1.59. The Kier molecular flexibility index (Phi) is 3.76. The molecule has 1 saturated heterocycles. The molecule has 0 bridgehead atoms. The molecule has 2 N–H and O–H groups in total. The smallest absolute Gasteiger partial charge is 0.489 e. The second-order valence-electron chi connectivity index (χ2n) is 3.76. The highest BCUT2D eigenvalue weighted by Crippen LogP contribution is 2.15. The van der Waals surface area contributed by atoms with Crippen molar-refractivity contribution in [2.24, 2.45) is 0 Å². The van der Waals surface area contributed by atoms with Gasteiger partial charge in [-0.25, -0.2) is 0 Å². The first-order valence-corrected chi connectivity index (χ1v) is 5.31. The van der Waals surface area contributed by atoms with Crippen LogP contribution in [0.25, 0.3) is 0 Å². The lowest BCUT2D eigenvalue weighted by Crippen LogP contribution is -2.31. The van der Waals surface area contributed by atoms with Gasteiger partial charge in [0.15, 0.2) is 0 Å². The number of ether oxygens (including phenoxy) is 2. The summed E-state index contributed by atoms with van der Waals surface area (Å²) in [5.41, 5.74) is 0.338. The summed E-state index contributed by atoms with van der Waals surface area (Å²) in [7, 11) is -1.51. The fraction of sp³-hybridized carbons (Fsp3) is 0.500. The zero-order chi connectivity index (χ0) is 11.4. The van der Waals surface area contributed by atoms with Crippen LogP contribution in [0.2, 0.25) is 0 Å². The van der Waals surface area contributed by atoms with E-state index in [2.05, 4.69) is 4.98 Å². The standard InChI is InChI=1S/C10H14BNO4/c13-11(14)8-5-10(7-12-6-8)16-9-1-3-15-4-2-9/h5-7,9,13-14H,1-4H2. The maximum Gasteiger partial charge on any atom is 0.490 e. The first-order chi connectivity index (χ1) is 7.75. The van der Waals surface area contributed by atoms with Crippen molar-refractivity contribution in [3.05, 3.63) is 18.5 Å². The molecule has 5 nitrogen and oxygen atoms in total. The minimum Gasteiger partial charge on any atom is -0.489 e. The van der Waals surface area contributed by atoms with Crippen LogP contribution in [0, 0.1) is 0 Å². The maximum atomic E-state index is 8.99. The van der Waals surface area contributed by atoms with Gasteiger partial charge in [0, 0.05) is 24.5 Å². The van der Waals surface area contributed by atoms with E-state index in [0.717, 1.165) is 12.8 Å². The second kappa shape index (κ2) is 5.29. The van der Waals surface area contributed by atoms with Crippen molar-refractivity contribution < 1.29 is 19.5 Å². The van der Waals surface area contributed by atoms with Crippen molar-refractivity contribution >= 4 is 12.6 Å². The summed E-state index contributed by atoms with van der Waals surface area (Å²) in [6.07, 6.45) is 4.81. The monoisotopic (exact) mass is 223 g/mol. The molecule has 1 aliphatic heterocycles. The van der Waals surface area contributed by atoms with E-state index in [1.807, 2.05) is 0 Å². The van der Waals surface area contributed by atoms with Gasteiger partial charge in [0.25, 0.3) is 0 Å². The van der Waals surface area contributed by atoms with E-state index < -0.39 is 7.12 Å². The normalized spacial score (nSPS) is 17.1. The van der Waals surface area contributed by atoms with E-state index >= 15 is 0 Å². The molecule has 0 atom stereocenters. The number of hydrogen-bond donors (Lipinski definition) is 2. The lowest BCUT2D eigenvalue weighted by Gasteiger charge is -2.23. The van der Waals surface area contributed by atoms with Gasteiger partial charge < -0.3 is 19.5 Å². The maximum absolute atomic E-state index is 8.99. The van der Waals surface area contributed by atoms with Crippen molar-refractivity contribution in [3.8, 4) is 5.75 Å². The van der Waals surface area contributed by atoms with E-state index in [-0.39, 0.29) is 6.10 Å². The first kappa shape index (κ1) is 11.4. The van der Waals surface area contributed by atoms with Crippen molar-refractivity contribution in [2.75, 3.05) is 13.2 Å². The van der Waals surface area contributed by atoms with Gasteiger partial charge in [0.05, 0.1) is 19.4 Å². The average Bonchev–Trinajstić information content (AvgIpc) is 2.30. The molecular formula is C10H14BNO4. The van der Waals surface area contributed by atoms with Gasteiger partial charge in [-0.1, -0.05) is 0 Å². The Morgan fingerprint density at radius 1 is 1.31 bits per heavy atom. The minimum absolute atomic E-state index is 0.127. The Morgan fingerprint density at radius 3 is 2.75 bits per heavy atom. The highest BCUT2D eigenvalue weighted by molar-refractivity contribution is 6.58. The van der Waals surface area contributed by atoms with Gasteiger partial charge in [-0.2, -0.15) is 0 Å². The molecule has 6 heteroatoms. The molecule has 1 aliphatic rings. The molecule has 2 heterocycles. The molecule has 0 radical (unpaired) electrons. The Morgan fingerprint density at radius 2 is 2.06 bits per heavy atom. The molecule has 2 rings (SSSR count). The quantitative estimate of drug-likeness (QED) is 0.664. The molecule has 16 heavy (non-hydrogen) atoms. The van der Waals surface area contributed by atoms with Crippen LogP contribution in [-0.2, 0) is 4.74 Å². The van der Waals surface area contributed by atoms with Crippen LogP contribution in [-0.4, -0.2) is 41.5 Å². The topological polar surface area (TPSA) is 71.8 Å². The van der Waals surface area contributed by atoms with Gasteiger partial charge in [0.1, 0.15) is 11.9 Å². The van der Waals surface area contributed by atoms with Gasteiger partial charge in [0.2, 0.25) is 0 Å². The van der Waals surface area contributed by atoms with Crippen LogP contribution in [0.15, 0.2) is 18.5 Å². The van der Waals surface area contributed by atoms with E-state index in [4.69, 9.17) is 19.5 Å². The Hall–Kier alpha value is -1.11. The summed E-state index contributed by atoms with van der Waals surface area (Å²) in [6.45, 7) is 1.42. The first-order valence-electron chi connectivity index (χ1n) is 5.31. The molecule has 0 unspecified atom stereocenters. The highest BCUT2D eigenvalue weighted by Gasteiger charge is 2.17. The molecule has 1 fully saturated rings. The van der Waals surface area contributed by atoms with Crippen LogP contribution < -0.4 is 10.2 Å². The molecule has 0 spiro atoms. The molecule has 86 valence electrons. The number of pyridine rings is 1. The molecule has 1 aromatic rings. The number of rotatable bonds is 3. The summed E-state index contributed by atoms with van der Waals surface area (Å²) in [5, 5.41) is 18.0. The number of hydrogen-bond acceptors (Lipinski definition) is 5. The largest absolute Gasteiger partial charge is 0.490 e. The van der Waals surface area contributed by atoms with Crippen LogP contribution in [0.5, 0.6) is 5.75 Å². The second-order valence-corrected chi connectivity index (χ2v) is 3.76. The molecule has 0 aliphatic carbocycles. The van der Waals surface area contributed by atoms with Crippen molar-refractivity contribution in [1.29, 1.82) is 0 Å². The molecule has 0 aromatic carbocycles. The van der Waals surface area contributed by atoms with E-state index in [1.54, 1.807) is 12.3 Å². The third kappa shape index (κ3) is 2.94. The Balaban J connectivity index is 2.00. The van der Waals surface area contributed by atoms with Gasteiger partial charge in [-0.3, -0.25) is 4.98 Å². The summed E-state index contributed by atoms with van der Waals surface area (Å²) < 4.78 is 10.9. The summed E-state index contributed by atoms with van der Waals surface area (Å²) >= 11 is 0. The Labute approximate surface area is 94.2 Å². The number of aromatic nitrogens is 1. The van der Waals surface area contributed by atoms with Crippen molar-refractivity contribution in [3.63, 3.8) is 0 Å². The van der Waals surface area contributed by atoms with E-state index in [9.17, 15) is 0 Å². The SMILES string of the molecule is OB(O)c1cncc(OC2CCOCC2)c1. The van der Waals surface area contributed by atoms with E-state index in [1.165, 1.54) is 6.20 Å².